The zero-order chi connectivity index (χ0) is 16.6. The molecule has 1 aromatic heterocycles. The van der Waals surface area contributed by atoms with Crippen LogP contribution in [0.3, 0.4) is 0 Å². The largest absolute Gasteiger partial charge is 0.451 e. The molecule has 9 heteroatoms. The summed E-state index contributed by atoms with van der Waals surface area (Å²) in [4.78, 5) is 24.9. The highest BCUT2D eigenvalue weighted by atomic mass is 32.2. The molecule has 0 saturated carbocycles. The molecule has 120 valence electrons. The summed E-state index contributed by atoms with van der Waals surface area (Å²) in [5.41, 5.74) is 0.988. The fourth-order valence-electron chi connectivity index (χ4n) is 2.20. The first-order valence-corrected chi connectivity index (χ1v) is 7.88. The van der Waals surface area contributed by atoms with Crippen molar-refractivity contribution in [3.63, 3.8) is 0 Å². The molecule has 23 heavy (non-hydrogen) atoms. The van der Waals surface area contributed by atoms with Gasteiger partial charge in [0.1, 0.15) is 0 Å². The summed E-state index contributed by atoms with van der Waals surface area (Å²) in [6, 6.07) is 5.11. The van der Waals surface area contributed by atoms with E-state index in [0.717, 1.165) is 4.90 Å². The average molecular weight is 333 g/mol. The number of fused-ring (bicyclic) bond motifs is 1. The van der Waals surface area contributed by atoms with Crippen LogP contribution in [0, 0.1) is 0 Å². The van der Waals surface area contributed by atoms with E-state index in [1.165, 1.54) is 16.4 Å². The van der Waals surface area contributed by atoms with Crippen LogP contribution in [-0.2, 0) is 16.6 Å². The van der Waals surface area contributed by atoms with Gasteiger partial charge >= 0.3 is 5.97 Å². The number of anilines is 1. The molecule has 0 fully saturated rings. The van der Waals surface area contributed by atoms with Gasteiger partial charge in [-0.25, -0.2) is 9.48 Å². The van der Waals surface area contributed by atoms with Crippen molar-refractivity contribution in [1.82, 2.24) is 20.2 Å². The third-order valence-corrected chi connectivity index (χ3v) is 4.62. The minimum Gasteiger partial charge on any atom is -0.451 e. The average Bonchev–Trinajstić information content (AvgIpc) is 2.94. The van der Waals surface area contributed by atoms with E-state index >= 15 is 0 Å². The van der Waals surface area contributed by atoms with E-state index in [-0.39, 0.29) is 11.2 Å². The van der Waals surface area contributed by atoms with Gasteiger partial charge in [0, 0.05) is 11.9 Å². The highest BCUT2D eigenvalue weighted by molar-refractivity contribution is 8.00. The first-order valence-electron chi connectivity index (χ1n) is 7.00. The summed E-state index contributed by atoms with van der Waals surface area (Å²) in [5, 5.41) is 13.7. The Kier molecular flexibility index (Phi) is 4.03. The zero-order valence-electron chi connectivity index (χ0n) is 12.8. The van der Waals surface area contributed by atoms with Gasteiger partial charge in [-0.2, -0.15) is 0 Å². The second-order valence-corrected chi connectivity index (χ2v) is 6.55. The molecule has 0 radical (unpaired) electrons. The van der Waals surface area contributed by atoms with E-state index in [2.05, 4.69) is 20.8 Å². The molecule has 0 aliphatic carbocycles. The van der Waals surface area contributed by atoms with Crippen molar-refractivity contribution in [1.29, 1.82) is 0 Å². The van der Waals surface area contributed by atoms with E-state index < -0.39 is 12.1 Å². The third-order valence-electron chi connectivity index (χ3n) is 3.45. The minimum atomic E-state index is -0.581. The molecule has 0 saturated heterocycles. The van der Waals surface area contributed by atoms with Crippen LogP contribution >= 0.6 is 11.8 Å². The number of amides is 1. The Labute approximate surface area is 136 Å². The third kappa shape index (κ3) is 3.04. The van der Waals surface area contributed by atoms with Crippen LogP contribution in [0.25, 0.3) is 0 Å². The number of hydrogen-bond acceptors (Lipinski definition) is 7. The van der Waals surface area contributed by atoms with Gasteiger partial charge in [-0.3, -0.25) is 4.79 Å². The standard InChI is InChI=1S/C14H15N5O3S/c1-7(12-16-17-18-19(12)3)22-14(21)9-4-5-11-10(6-9)15-13(20)8(2)23-11/h4-8H,1-3H3,(H,15,20)/t7-,8+/m0/s1. The molecule has 8 nitrogen and oxygen atoms in total. The molecule has 3 rings (SSSR count). The Morgan fingerprint density at radius 3 is 2.96 bits per heavy atom. The highest BCUT2D eigenvalue weighted by Gasteiger charge is 2.25. The Morgan fingerprint density at radius 2 is 2.26 bits per heavy atom. The number of tetrazole rings is 1. The molecule has 1 aliphatic heterocycles. The second kappa shape index (κ2) is 5.99. The van der Waals surface area contributed by atoms with Gasteiger partial charge in [0.25, 0.3) is 0 Å². The number of esters is 1. The lowest BCUT2D eigenvalue weighted by atomic mass is 10.2. The number of aromatic nitrogens is 4. The van der Waals surface area contributed by atoms with Crippen LogP contribution in [0.5, 0.6) is 0 Å². The molecule has 2 heterocycles. The number of rotatable bonds is 3. The lowest BCUT2D eigenvalue weighted by Gasteiger charge is -2.21. The van der Waals surface area contributed by atoms with Crippen molar-refractivity contribution in [2.75, 3.05) is 5.32 Å². The predicted molar refractivity (Wildman–Crippen MR) is 83.0 cm³/mol. The molecular formula is C14H15N5O3S. The number of benzene rings is 1. The number of ether oxygens (including phenoxy) is 1. The van der Waals surface area contributed by atoms with E-state index in [9.17, 15) is 9.59 Å². The van der Waals surface area contributed by atoms with Gasteiger partial charge in [0.15, 0.2) is 11.9 Å². The van der Waals surface area contributed by atoms with Gasteiger partial charge in [-0.05, 0) is 42.5 Å². The number of carbonyl (C=O) groups is 2. The predicted octanol–water partition coefficient (Wildman–Crippen LogP) is 1.56. The number of aryl methyl sites for hydroxylation is 1. The van der Waals surface area contributed by atoms with Crippen LogP contribution in [0.4, 0.5) is 5.69 Å². The number of hydrogen-bond donors (Lipinski definition) is 1. The molecule has 0 spiro atoms. The molecule has 2 atom stereocenters. The van der Waals surface area contributed by atoms with Crippen LogP contribution in [-0.4, -0.2) is 37.3 Å². The van der Waals surface area contributed by atoms with Gasteiger partial charge in [-0.15, -0.1) is 16.9 Å². The monoisotopic (exact) mass is 333 g/mol. The molecule has 1 amide bonds. The van der Waals surface area contributed by atoms with Gasteiger partial charge in [0.05, 0.1) is 16.5 Å². The molecule has 1 aliphatic rings. The van der Waals surface area contributed by atoms with Gasteiger partial charge in [0.2, 0.25) is 5.91 Å². The summed E-state index contributed by atoms with van der Waals surface area (Å²) in [6.45, 7) is 3.53. The van der Waals surface area contributed by atoms with E-state index in [4.69, 9.17) is 4.74 Å². The number of thioether (sulfide) groups is 1. The summed E-state index contributed by atoms with van der Waals surface area (Å²) >= 11 is 1.46. The van der Waals surface area contributed by atoms with Crippen molar-refractivity contribution in [3.8, 4) is 0 Å². The molecule has 1 N–H and O–H groups in total. The fraction of sp³-hybridized carbons (Fsp3) is 0.357. The normalized spacial score (nSPS) is 18.0. The van der Waals surface area contributed by atoms with Gasteiger partial charge in [-0.1, -0.05) is 0 Å². The maximum Gasteiger partial charge on any atom is 0.338 e. The maximum atomic E-state index is 12.3. The Bertz CT molecular complexity index is 776. The van der Waals surface area contributed by atoms with Crippen molar-refractivity contribution >= 4 is 29.3 Å². The van der Waals surface area contributed by atoms with Crippen LogP contribution in [0.15, 0.2) is 23.1 Å². The van der Waals surface area contributed by atoms with E-state index in [0.29, 0.717) is 17.1 Å². The summed E-state index contributed by atoms with van der Waals surface area (Å²) in [6.07, 6.45) is -0.581. The first kappa shape index (κ1) is 15.5. The second-order valence-electron chi connectivity index (χ2n) is 5.17. The van der Waals surface area contributed by atoms with Crippen LogP contribution in [0.1, 0.15) is 36.1 Å². The quantitative estimate of drug-likeness (QED) is 0.851. The topological polar surface area (TPSA) is 99.0 Å². The zero-order valence-corrected chi connectivity index (χ0v) is 13.6. The maximum absolute atomic E-state index is 12.3. The van der Waals surface area contributed by atoms with E-state index in [1.807, 2.05) is 6.92 Å². The number of nitrogens with one attached hydrogen (secondary N) is 1. The van der Waals surface area contributed by atoms with Crippen molar-refractivity contribution < 1.29 is 14.3 Å². The van der Waals surface area contributed by atoms with E-state index in [1.54, 1.807) is 32.2 Å². The Morgan fingerprint density at radius 1 is 1.48 bits per heavy atom. The molecule has 0 unspecified atom stereocenters. The van der Waals surface area contributed by atoms with Crippen molar-refractivity contribution in [2.24, 2.45) is 7.05 Å². The van der Waals surface area contributed by atoms with Crippen LogP contribution < -0.4 is 5.32 Å². The number of nitrogens with zero attached hydrogens (tertiary/aromatic N) is 4. The summed E-state index contributed by atoms with van der Waals surface area (Å²) < 4.78 is 6.83. The summed E-state index contributed by atoms with van der Waals surface area (Å²) in [7, 11) is 1.67. The summed E-state index contributed by atoms with van der Waals surface area (Å²) in [5.74, 6) is -0.123. The minimum absolute atomic E-state index is 0.0773. The van der Waals surface area contributed by atoms with Crippen molar-refractivity contribution in [3.05, 3.63) is 29.6 Å². The molecular weight excluding hydrogens is 318 g/mol. The van der Waals surface area contributed by atoms with Crippen LogP contribution in [0.2, 0.25) is 0 Å². The molecule has 0 bridgehead atoms. The first-order chi connectivity index (χ1) is 11.0. The number of carbonyl (C=O) groups excluding carboxylic acids is 2. The smallest absolute Gasteiger partial charge is 0.338 e. The molecule has 2 aromatic rings. The lowest BCUT2D eigenvalue weighted by Crippen LogP contribution is -2.26. The Hall–Kier alpha value is -2.42. The van der Waals surface area contributed by atoms with Gasteiger partial charge < -0.3 is 10.1 Å². The highest BCUT2D eigenvalue weighted by Crippen LogP contribution is 2.36. The Balaban J connectivity index is 1.77. The lowest BCUT2D eigenvalue weighted by molar-refractivity contribution is -0.115. The molecule has 1 aromatic carbocycles. The SMILES string of the molecule is C[C@H](OC(=O)c1ccc2c(c1)NC(=O)[C@@H](C)S2)c1nnnn1C. The fourth-order valence-corrected chi connectivity index (χ4v) is 3.13. The van der Waals surface area contributed by atoms with Crippen molar-refractivity contribution in [2.45, 2.75) is 30.1 Å².